The van der Waals surface area contributed by atoms with Crippen LogP contribution in [0, 0.1) is 11.8 Å². The van der Waals surface area contributed by atoms with Crippen LogP contribution in [0.25, 0.3) is 22.3 Å². The van der Waals surface area contributed by atoms with E-state index in [1.165, 1.54) is 6.42 Å². The third-order valence-electron chi connectivity index (χ3n) is 7.69. The fourth-order valence-corrected chi connectivity index (χ4v) is 5.83. The molecule has 0 N–H and O–H groups in total. The van der Waals surface area contributed by atoms with Crippen molar-refractivity contribution in [3.05, 3.63) is 91.3 Å². The first kappa shape index (κ1) is 22.7. The molecule has 1 unspecified atom stereocenters. The molecule has 36 heavy (non-hydrogen) atoms. The Bertz CT molecular complexity index is 1380. The first-order chi connectivity index (χ1) is 17.7. The fraction of sp³-hybridized carbons (Fsp3) is 0.300. The topological polar surface area (TPSA) is 60.4 Å². The highest BCUT2D eigenvalue weighted by atomic mass is 16.5. The molecule has 7 rings (SSSR count). The maximum atomic E-state index is 6.83. The van der Waals surface area contributed by atoms with Gasteiger partial charge in [-0.2, -0.15) is 0 Å². The van der Waals surface area contributed by atoms with Crippen molar-refractivity contribution < 1.29 is 9.47 Å². The summed E-state index contributed by atoms with van der Waals surface area (Å²) in [6, 6.07) is 20.1. The van der Waals surface area contributed by atoms with Gasteiger partial charge in [0.05, 0.1) is 30.1 Å². The second-order valence-corrected chi connectivity index (χ2v) is 9.64. The first-order valence-corrected chi connectivity index (χ1v) is 12.6. The van der Waals surface area contributed by atoms with Gasteiger partial charge in [0.25, 0.3) is 0 Å². The SMILES string of the molecule is C=C[C@H]1CN2CC[C@H]1C[C@H]2[C@@H](Oc1cccc(-c2ccccn2)n1)c1ccnc2ccc(OC)cc12. The van der Waals surface area contributed by atoms with E-state index in [2.05, 4.69) is 39.7 Å². The van der Waals surface area contributed by atoms with Crippen LogP contribution in [0.2, 0.25) is 0 Å². The highest BCUT2D eigenvalue weighted by Gasteiger charge is 2.44. The normalized spacial score (nSPS) is 23.8. The molecule has 0 radical (unpaired) electrons. The Morgan fingerprint density at radius 1 is 1.03 bits per heavy atom. The molecule has 1 aromatic carbocycles. The summed E-state index contributed by atoms with van der Waals surface area (Å²) in [5.41, 5.74) is 3.66. The lowest BCUT2D eigenvalue weighted by molar-refractivity contribution is -0.0368. The molecule has 6 heteroatoms. The fourth-order valence-electron chi connectivity index (χ4n) is 5.83. The van der Waals surface area contributed by atoms with Crippen LogP contribution in [0.1, 0.15) is 24.5 Å². The van der Waals surface area contributed by atoms with Crippen molar-refractivity contribution in [2.45, 2.75) is 25.0 Å². The van der Waals surface area contributed by atoms with Gasteiger partial charge < -0.3 is 9.47 Å². The van der Waals surface area contributed by atoms with Crippen molar-refractivity contribution in [1.29, 1.82) is 0 Å². The standard InChI is InChI=1S/C30H30N4O2/c1-3-20-19-34-16-13-21(20)17-28(34)30(23-12-15-32-25-11-10-22(35-2)18-24(23)25)36-29-9-6-8-27(33-29)26-7-4-5-14-31-26/h3-12,14-15,18,20-21,28,30H,1,13,16-17,19H2,2H3/t20-,21-,28-,30-/m0/s1. The summed E-state index contributed by atoms with van der Waals surface area (Å²) in [6.07, 6.45) is 7.86. The van der Waals surface area contributed by atoms with Gasteiger partial charge in [-0.25, -0.2) is 4.98 Å². The third kappa shape index (κ3) is 4.22. The zero-order valence-corrected chi connectivity index (χ0v) is 20.5. The minimum absolute atomic E-state index is 0.206. The van der Waals surface area contributed by atoms with Gasteiger partial charge in [-0.3, -0.25) is 14.9 Å². The number of fused-ring (bicyclic) bond motifs is 4. The molecule has 3 aliphatic heterocycles. The number of ether oxygens (including phenoxy) is 2. The number of pyridine rings is 3. The molecule has 0 spiro atoms. The molecular weight excluding hydrogens is 448 g/mol. The highest BCUT2D eigenvalue weighted by Crippen LogP contribution is 2.43. The van der Waals surface area contributed by atoms with Gasteiger partial charge in [0.2, 0.25) is 5.88 Å². The zero-order valence-electron chi connectivity index (χ0n) is 20.5. The molecular formula is C30H30N4O2. The molecule has 3 saturated heterocycles. The van der Waals surface area contributed by atoms with Gasteiger partial charge in [0, 0.05) is 36.0 Å². The minimum Gasteiger partial charge on any atom is -0.497 e. The largest absolute Gasteiger partial charge is 0.497 e. The summed E-state index contributed by atoms with van der Waals surface area (Å²) in [4.78, 5) is 16.5. The van der Waals surface area contributed by atoms with Gasteiger partial charge in [-0.15, -0.1) is 6.58 Å². The predicted octanol–water partition coefficient (Wildman–Crippen LogP) is 5.72. The molecule has 3 aromatic heterocycles. The summed E-state index contributed by atoms with van der Waals surface area (Å²) in [7, 11) is 1.69. The summed E-state index contributed by atoms with van der Waals surface area (Å²) < 4.78 is 12.4. The number of hydrogen-bond acceptors (Lipinski definition) is 6. The number of aromatic nitrogens is 3. The molecule has 6 nitrogen and oxygen atoms in total. The Balaban J connectivity index is 1.43. The van der Waals surface area contributed by atoms with E-state index in [0.717, 1.165) is 53.1 Å². The van der Waals surface area contributed by atoms with E-state index < -0.39 is 0 Å². The number of rotatable bonds is 7. The number of benzene rings is 1. The summed E-state index contributed by atoms with van der Waals surface area (Å²) in [6.45, 7) is 6.20. The minimum atomic E-state index is -0.206. The van der Waals surface area contributed by atoms with Gasteiger partial charge in [-0.1, -0.05) is 18.2 Å². The number of piperidine rings is 3. The van der Waals surface area contributed by atoms with Gasteiger partial charge in [0.15, 0.2) is 0 Å². The van der Waals surface area contributed by atoms with E-state index in [0.29, 0.717) is 17.7 Å². The van der Waals surface area contributed by atoms with Crippen molar-refractivity contribution in [3.63, 3.8) is 0 Å². The monoisotopic (exact) mass is 478 g/mol. The van der Waals surface area contributed by atoms with Gasteiger partial charge in [0.1, 0.15) is 11.9 Å². The third-order valence-corrected chi connectivity index (χ3v) is 7.69. The van der Waals surface area contributed by atoms with E-state index >= 15 is 0 Å². The first-order valence-electron chi connectivity index (χ1n) is 12.6. The molecule has 4 aromatic rings. The van der Waals surface area contributed by atoms with Crippen LogP contribution >= 0.6 is 0 Å². The van der Waals surface area contributed by atoms with Crippen molar-refractivity contribution in [2.24, 2.45) is 11.8 Å². The molecule has 3 aliphatic rings. The predicted molar refractivity (Wildman–Crippen MR) is 141 cm³/mol. The number of hydrogen-bond donors (Lipinski definition) is 0. The maximum absolute atomic E-state index is 6.83. The van der Waals surface area contributed by atoms with E-state index in [-0.39, 0.29) is 12.1 Å². The van der Waals surface area contributed by atoms with Crippen LogP contribution in [0.5, 0.6) is 11.6 Å². The summed E-state index contributed by atoms with van der Waals surface area (Å²) in [5.74, 6) is 2.57. The van der Waals surface area contributed by atoms with E-state index in [9.17, 15) is 0 Å². The number of methoxy groups -OCH3 is 1. The van der Waals surface area contributed by atoms with E-state index in [1.54, 1.807) is 13.3 Å². The molecule has 0 amide bonds. The molecule has 2 bridgehead atoms. The average Bonchev–Trinajstić information content (AvgIpc) is 2.96. The molecule has 0 aliphatic carbocycles. The smallest absolute Gasteiger partial charge is 0.214 e. The van der Waals surface area contributed by atoms with Crippen molar-refractivity contribution in [2.75, 3.05) is 20.2 Å². The Morgan fingerprint density at radius 3 is 2.72 bits per heavy atom. The quantitative estimate of drug-likeness (QED) is 0.317. The van der Waals surface area contributed by atoms with Crippen LogP contribution in [0.3, 0.4) is 0 Å². The maximum Gasteiger partial charge on any atom is 0.214 e. The van der Waals surface area contributed by atoms with Gasteiger partial charge in [-0.05, 0) is 73.7 Å². The molecule has 6 heterocycles. The van der Waals surface area contributed by atoms with E-state index in [1.807, 2.05) is 54.7 Å². The van der Waals surface area contributed by atoms with Crippen molar-refractivity contribution in [3.8, 4) is 23.0 Å². The van der Waals surface area contributed by atoms with Crippen molar-refractivity contribution in [1.82, 2.24) is 19.9 Å². The Hall–Kier alpha value is -3.77. The summed E-state index contributed by atoms with van der Waals surface area (Å²) >= 11 is 0. The lowest BCUT2D eigenvalue weighted by Crippen LogP contribution is -2.55. The van der Waals surface area contributed by atoms with Crippen LogP contribution in [0.4, 0.5) is 0 Å². The lowest BCUT2D eigenvalue weighted by atomic mass is 9.73. The summed E-state index contributed by atoms with van der Waals surface area (Å²) in [5, 5.41) is 1.05. The Kier molecular flexibility index (Phi) is 6.11. The van der Waals surface area contributed by atoms with E-state index in [4.69, 9.17) is 14.5 Å². The van der Waals surface area contributed by atoms with Crippen LogP contribution < -0.4 is 9.47 Å². The van der Waals surface area contributed by atoms with Crippen LogP contribution in [-0.2, 0) is 0 Å². The number of nitrogens with zero attached hydrogens (tertiary/aromatic N) is 4. The highest BCUT2D eigenvalue weighted by molar-refractivity contribution is 5.84. The van der Waals surface area contributed by atoms with Crippen LogP contribution in [-0.4, -0.2) is 46.1 Å². The molecule has 182 valence electrons. The average molecular weight is 479 g/mol. The molecule has 3 fully saturated rings. The Morgan fingerprint density at radius 2 is 1.94 bits per heavy atom. The molecule has 5 atom stereocenters. The Labute approximate surface area is 211 Å². The van der Waals surface area contributed by atoms with Crippen LogP contribution in [0.15, 0.2) is 85.7 Å². The van der Waals surface area contributed by atoms with Crippen molar-refractivity contribution >= 4 is 10.9 Å². The zero-order chi connectivity index (χ0) is 24.5. The second kappa shape index (κ2) is 9.70. The second-order valence-electron chi connectivity index (χ2n) is 9.64. The van der Waals surface area contributed by atoms with Gasteiger partial charge >= 0.3 is 0 Å². The molecule has 0 saturated carbocycles. The lowest BCUT2D eigenvalue weighted by Gasteiger charge is -2.51.